The Bertz CT molecular complexity index is 466. The smallest absolute Gasteiger partial charge is 0.341 e. The van der Waals surface area contributed by atoms with Crippen molar-refractivity contribution in [3.63, 3.8) is 0 Å². The summed E-state index contributed by atoms with van der Waals surface area (Å²) in [4.78, 5) is 10.3. The van der Waals surface area contributed by atoms with Crippen molar-refractivity contribution in [2.75, 3.05) is 6.61 Å². The van der Waals surface area contributed by atoms with Crippen molar-refractivity contribution in [1.29, 1.82) is 0 Å². The summed E-state index contributed by atoms with van der Waals surface area (Å²) in [5.41, 5.74) is 0. The summed E-state index contributed by atoms with van der Waals surface area (Å²) < 4.78 is 10.0. The molecule has 2 aromatic rings. The maximum absolute atomic E-state index is 10.3. The van der Waals surface area contributed by atoms with E-state index >= 15 is 0 Å². The maximum Gasteiger partial charge on any atom is 0.341 e. The van der Waals surface area contributed by atoms with E-state index in [1.165, 1.54) is 11.5 Å². The van der Waals surface area contributed by atoms with E-state index in [4.69, 9.17) is 9.84 Å². The summed E-state index contributed by atoms with van der Waals surface area (Å²) in [6.45, 7) is -0.315. The molecule has 1 aromatic heterocycles. The van der Waals surface area contributed by atoms with Gasteiger partial charge in [-0.25, -0.2) is 4.79 Å². The molecule has 0 radical (unpaired) electrons. The van der Waals surface area contributed by atoms with Gasteiger partial charge in [-0.05, 0) is 29.7 Å². The fourth-order valence-electron chi connectivity index (χ4n) is 1.08. The molecule has 0 saturated carbocycles. The summed E-state index contributed by atoms with van der Waals surface area (Å²) >= 11 is 1.36. The van der Waals surface area contributed by atoms with Crippen LogP contribution in [0.5, 0.6) is 5.75 Å². The van der Waals surface area contributed by atoms with Crippen molar-refractivity contribution in [2.45, 2.75) is 0 Å². The van der Waals surface area contributed by atoms with E-state index in [-0.39, 0.29) is 6.61 Å². The minimum atomic E-state index is -0.977. The lowest BCUT2D eigenvalue weighted by atomic mass is 10.3. The van der Waals surface area contributed by atoms with Gasteiger partial charge in [0.15, 0.2) is 6.61 Å². The summed E-state index contributed by atoms with van der Waals surface area (Å²) in [7, 11) is 0. The Morgan fingerprint density at radius 1 is 1.57 bits per heavy atom. The van der Waals surface area contributed by atoms with Crippen LogP contribution >= 0.6 is 11.5 Å². The molecule has 14 heavy (non-hydrogen) atoms. The van der Waals surface area contributed by atoms with Crippen LogP contribution in [0.4, 0.5) is 0 Å². The van der Waals surface area contributed by atoms with Gasteiger partial charge in [0.05, 0.1) is 4.70 Å². The third-order valence-corrected chi connectivity index (χ3v) is 2.45. The molecule has 0 aliphatic heterocycles. The highest BCUT2D eigenvalue weighted by atomic mass is 32.1. The lowest BCUT2D eigenvalue weighted by Gasteiger charge is -2.01. The zero-order valence-corrected chi connectivity index (χ0v) is 7.95. The van der Waals surface area contributed by atoms with Gasteiger partial charge < -0.3 is 9.84 Å². The van der Waals surface area contributed by atoms with E-state index in [9.17, 15) is 4.79 Å². The van der Waals surface area contributed by atoms with Crippen LogP contribution in [-0.2, 0) is 4.79 Å². The van der Waals surface area contributed by atoms with Crippen LogP contribution in [0.3, 0.4) is 0 Å². The third kappa shape index (κ3) is 1.82. The van der Waals surface area contributed by atoms with E-state index < -0.39 is 5.97 Å². The first-order chi connectivity index (χ1) is 6.75. The van der Waals surface area contributed by atoms with Crippen LogP contribution in [0.1, 0.15) is 0 Å². The molecule has 4 nitrogen and oxygen atoms in total. The van der Waals surface area contributed by atoms with Gasteiger partial charge in [-0.3, -0.25) is 0 Å². The Morgan fingerprint density at radius 2 is 2.43 bits per heavy atom. The zero-order valence-electron chi connectivity index (χ0n) is 7.14. The molecular weight excluding hydrogens is 202 g/mol. The minimum Gasteiger partial charge on any atom is -0.482 e. The van der Waals surface area contributed by atoms with Crippen molar-refractivity contribution >= 4 is 27.6 Å². The van der Waals surface area contributed by atoms with Gasteiger partial charge in [-0.15, -0.1) is 0 Å². The Labute approximate surface area is 83.9 Å². The Kier molecular flexibility index (Phi) is 2.32. The monoisotopic (exact) mass is 209 g/mol. The quantitative estimate of drug-likeness (QED) is 0.836. The first-order valence-electron chi connectivity index (χ1n) is 3.95. The molecule has 0 amide bonds. The summed E-state index contributed by atoms with van der Waals surface area (Å²) in [6.07, 6.45) is 1.76. The number of aromatic nitrogens is 1. The number of hydrogen-bond acceptors (Lipinski definition) is 4. The number of carboxylic acids is 1. The number of fused-ring (bicyclic) bond motifs is 1. The molecule has 1 heterocycles. The van der Waals surface area contributed by atoms with Crippen LogP contribution in [0.25, 0.3) is 10.1 Å². The molecule has 0 unspecified atom stereocenters. The van der Waals surface area contributed by atoms with Crippen molar-refractivity contribution in [2.24, 2.45) is 0 Å². The normalized spacial score (nSPS) is 10.3. The van der Waals surface area contributed by atoms with Crippen molar-refractivity contribution in [3.05, 3.63) is 24.4 Å². The second-order valence-electron chi connectivity index (χ2n) is 2.71. The highest BCUT2D eigenvalue weighted by Gasteiger charge is 2.01. The number of aliphatic carboxylic acids is 1. The van der Waals surface area contributed by atoms with Crippen molar-refractivity contribution in [1.82, 2.24) is 4.37 Å². The largest absolute Gasteiger partial charge is 0.482 e. The lowest BCUT2D eigenvalue weighted by Crippen LogP contribution is -2.09. The Balaban J connectivity index is 2.21. The molecule has 0 saturated heterocycles. The molecule has 0 aliphatic rings. The maximum atomic E-state index is 10.3. The molecule has 5 heteroatoms. The van der Waals surface area contributed by atoms with Crippen LogP contribution in [0.2, 0.25) is 0 Å². The summed E-state index contributed by atoms with van der Waals surface area (Å²) in [5, 5.41) is 9.45. The lowest BCUT2D eigenvalue weighted by molar-refractivity contribution is -0.139. The molecule has 0 fully saturated rings. The Morgan fingerprint density at radius 3 is 3.21 bits per heavy atom. The van der Waals surface area contributed by atoms with Gasteiger partial charge in [0, 0.05) is 11.6 Å². The molecule has 72 valence electrons. The van der Waals surface area contributed by atoms with Gasteiger partial charge in [0.2, 0.25) is 0 Å². The fraction of sp³-hybridized carbons (Fsp3) is 0.111. The van der Waals surface area contributed by atoms with E-state index in [2.05, 4.69) is 4.37 Å². The molecule has 2 rings (SSSR count). The number of carboxylic acid groups (broad SMARTS) is 1. The SMILES string of the molecule is O=C(O)COc1ccc2cnsc2c1. The molecule has 0 atom stereocenters. The minimum absolute atomic E-state index is 0.315. The van der Waals surface area contributed by atoms with E-state index in [1.807, 2.05) is 6.07 Å². The molecule has 1 aromatic carbocycles. The second-order valence-corrected chi connectivity index (χ2v) is 3.54. The molecule has 0 bridgehead atoms. The van der Waals surface area contributed by atoms with Crippen LogP contribution < -0.4 is 4.74 Å². The first kappa shape index (κ1) is 8.96. The predicted molar refractivity (Wildman–Crippen MR) is 52.8 cm³/mol. The van der Waals surface area contributed by atoms with E-state index in [1.54, 1.807) is 18.3 Å². The number of benzene rings is 1. The standard InChI is InChI=1S/C9H7NO3S/c11-9(12)5-13-7-2-1-6-4-10-14-8(6)3-7/h1-4H,5H2,(H,11,12). The van der Waals surface area contributed by atoms with Gasteiger partial charge in [0.1, 0.15) is 5.75 Å². The average molecular weight is 209 g/mol. The van der Waals surface area contributed by atoms with Crippen LogP contribution in [-0.4, -0.2) is 22.1 Å². The molecular formula is C9H7NO3S. The van der Waals surface area contributed by atoms with E-state index in [0.717, 1.165) is 10.1 Å². The topological polar surface area (TPSA) is 59.4 Å². The number of hydrogen-bond donors (Lipinski definition) is 1. The van der Waals surface area contributed by atoms with Gasteiger partial charge in [-0.1, -0.05) is 0 Å². The highest BCUT2D eigenvalue weighted by Crippen LogP contribution is 2.23. The Hall–Kier alpha value is -1.62. The van der Waals surface area contributed by atoms with Gasteiger partial charge in [0.25, 0.3) is 0 Å². The second kappa shape index (κ2) is 3.63. The third-order valence-electron chi connectivity index (χ3n) is 1.69. The predicted octanol–water partition coefficient (Wildman–Crippen LogP) is 1.76. The molecule has 1 N–H and O–H groups in total. The van der Waals surface area contributed by atoms with Crippen molar-refractivity contribution in [3.8, 4) is 5.75 Å². The van der Waals surface area contributed by atoms with Crippen molar-refractivity contribution < 1.29 is 14.6 Å². The zero-order chi connectivity index (χ0) is 9.97. The molecule has 0 aliphatic carbocycles. The number of rotatable bonds is 3. The van der Waals surface area contributed by atoms with Gasteiger partial charge in [-0.2, -0.15) is 4.37 Å². The van der Waals surface area contributed by atoms with Gasteiger partial charge >= 0.3 is 5.97 Å². The molecule has 0 spiro atoms. The van der Waals surface area contributed by atoms with Crippen LogP contribution in [0, 0.1) is 0 Å². The first-order valence-corrected chi connectivity index (χ1v) is 4.72. The number of ether oxygens (including phenoxy) is 1. The number of carbonyl (C=O) groups is 1. The number of nitrogens with zero attached hydrogens (tertiary/aromatic N) is 1. The highest BCUT2D eigenvalue weighted by molar-refractivity contribution is 7.13. The van der Waals surface area contributed by atoms with E-state index in [0.29, 0.717) is 5.75 Å². The van der Waals surface area contributed by atoms with Crippen LogP contribution in [0.15, 0.2) is 24.4 Å². The summed E-state index contributed by atoms with van der Waals surface area (Å²) in [6, 6.07) is 5.38. The average Bonchev–Trinajstić information content (AvgIpc) is 2.61. The fourth-order valence-corrected chi connectivity index (χ4v) is 1.75. The summed E-state index contributed by atoms with van der Waals surface area (Å²) in [5.74, 6) is -0.418.